The molecule has 1 aromatic heterocycles. The minimum absolute atomic E-state index is 0.106. The Kier molecular flexibility index (Phi) is 5.97. The summed E-state index contributed by atoms with van der Waals surface area (Å²) in [5, 5.41) is 13.1. The number of nitrogens with one attached hydrogen (secondary N) is 1. The van der Waals surface area contributed by atoms with Gasteiger partial charge in [0.1, 0.15) is 4.90 Å². The molecule has 0 saturated carbocycles. The monoisotopic (exact) mass is 365 g/mol. The summed E-state index contributed by atoms with van der Waals surface area (Å²) < 4.78 is 29.8. The third kappa shape index (κ3) is 4.90. The Bertz CT molecular complexity index is 844. The predicted octanol–water partition coefficient (Wildman–Crippen LogP) is 1.79. The molecule has 0 aliphatic heterocycles. The van der Waals surface area contributed by atoms with Crippen LogP contribution < -0.4 is 4.72 Å². The number of aromatic nitrogens is 2. The van der Waals surface area contributed by atoms with Crippen molar-refractivity contribution in [2.45, 2.75) is 44.0 Å². The predicted molar refractivity (Wildman–Crippen MR) is 93.8 cm³/mol. The first kappa shape index (κ1) is 19.1. The Hall–Kier alpha value is -2.19. The number of aliphatic carboxylic acids is 1. The SMILES string of the molecule is Cc1nn(C)c(C)c1S(=O)(=O)NC(CCC(=O)O)Cc1ccccc1. The van der Waals surface area contributed by atoms with Gasteiger partial charge in [0, 0.05) is 19.5 Å². The van der Waals surface area contributed by atoms with Gasteiger partial charge in [-0.15, -0.1) is 0 Å². The number of aryl methyl sites for hydroxylation is 2. The summed E-state index contributed by atoms with van der Waals surface area (Å²) in [7, 11) is -2.11. The molecular weight excluding hydrogens is 342 g/mol. The maximum Gasteiger partial charge on any atom is 0.303 e. The van der Waals surface area contributed by atoms with Gasteiger partial charge >= 0.3 is 5.97 Å². The van der Waals surface area contributed by atoms with E-state index in [0.29, 0.717) is 17.8 Å². The maximum atomic E-state index is 12.8. The molecule has 1 unspecified atom stereocenters. The van der Waals surface area contributed by atoms with E-state index in [0.717, 1.165) is 5.56 Å². The second-order valence-electron chi connectivity index (χ2n) is 6.06. The molecule has 0 bridgehead atoms. The fourth-order valence-electron chi connectivity index (χ4n) is 2.82. The minimum Gasteiger partial charge on any atom is -0.481 e. The van der Waals surface area contributed by atoms with Gasteiger partial charge in [0.25, 0.3) is 0 Å². The summed E-state index contributed by atoms with van der Waals surface area (Å²) in [6.45, 7) is 3.34. The van der Waals surface area contributed by atoms with Crippen LogP contribution in [0.3, 0.4) is 0 Å². The van der Waals surface area contributed by atoms with E-state index in [1.807, 2.05) is 30.3 Å². The molecule has 0 aliphatic carbocycles. The number of carboxylic acid groups (broad SMARTS) is 1. The lowest BCUT2D eigenvalue weighted by atomic mass is 10.0. The number of hydrogen-bond acceptors (Lipinski definition) is 4. The maximum absolute atomic E-state index is 12.8. The van der Waals surface area contributed by atoms with Crippen LogP contribution in [-0.4, -0.2) is 35.3 Å². The Balaban J connectivity index is 2.26. The summed E-state index contributed by atoms with van der Waals surface area (Å²) in [4.78, 5) is 11.1. The summed E-state index contributed by atoms with van der Waals surface area (Å²) in [5.41, 5.74) is 1.91. The molecule has 7 nitrogen and oxygen atoms in total. The molecule has 2 N–H and O–H groups in total. The first-order valence-electron chi connectivity index (χ1n) is 7.99. The smallest absolute Gasteiger partial charge is 0.303 e. The van der Waals surface area contributed by atoms with E-state index < -0.39 is 22.0 Å². The minimum atomic E-state index is -3.79. The summed E-state index contributed by atoms with van der Waals surface area (Å²) >= 11 is 0. The van der Waals surface area contributed by atoms with Gasteiger partial charge in [-0.2, -0.15) is 5.10 Å². The Morgan fingerprint density at radius 1 is 1.28 bits per heavy atom. The molecule has 0 amide bonds. The largest absolute Gasteiger partial charge is 0.481 e. The first-order valence-corrected chi connectivity index (χ1v) is 9.47. The first-order chi connectivity index (χ1) is 11.7. The Labute approximate surface area is 147 Å². The van der Waals surface area contributed by atoms with Crippen molar-refractivity contribution in [3.8, 4) is 0 Å². The molecule has 0 saturated heterocycles. The van der Waals surface area contributed by atoms with Crippen molar-refractivity contribution in [2.24, 2.45) is 7.05 Å². The van der Waals surface area contributed by atoms with Gasteiger partial charge < -0.3 is 5.11 Å². The van der Waals surface area contributed by atoms with Crippen LogP contribution >= 0.6 is 0 Å². The van der Waals surface area contributed by atoms with Crippen molar-refractivity contribution in [1.82, 2.24) is 14.5 Å². The highest BCUT2D eigenvalue weighted by atomic mass is 32.2. The van der Waals surface area contributed by atoms with Gasteiger partial charge in [-0.3, -0.25) is 9.48 Å². The van der Waals surface area contributed by atoms with Crippen LogP contribution in [0.2, 0.25) is 0 Å². The average Bonchev–Trinajstić information content (AvgIpc) is 2.79. The lowest BCUT2D eigenvalue weighted by Crippen LogP contribution is -2.37. The van der Waals surface area contributed by atoms with Crippen molar-refractivity contribution in [1.29, 1.82) is 0 Å². The molecule has 1 heterocycles. The van der Waals surface area contributed by atoms with Gasteiger partial charge in [0.05, 0.1) is 11.4 Å². The quantitative estimate of drug-likeness (QED) is 0.743. The van der Waals surface area contributed by atoms with E-state index in [9.17, 15) is 13.2 Å². The molecule has 0 radical (unpaired) electrons. The highest BCUT2D eigenvalue weighted by molar-refractivity contribution is 7.89. The van der Waals surface area contributed by atoms with Crippen LogP contribution in [0.25, 0.3) is 0 Å². The van der Waals surface area contributed by atoms with E-state index in [-0.39, 0.29) is 17.7 Å². The van der Waals surface area contributed by atoms with Crippen LogP contribution in [0.15, 0.2) is 35.2 Å². The zero-order chi connectivity index (χ0) is 18.6. The molecule has 8 heteroatoms. The fraction of sp³-hybridized carbons (Fsp3) is 0.412. The molecule has 25 heavy (non-hydrogen) atoms. The summed E-state index contributed by atoms with van der Waals surface area (Å²) in [6.07, 6.45) is 0.526. The number of benzene rings is 1. The topological polar surface area (TPSA) is 101 Å². The van der Waals surface area contributed by atoms with Gasteiger partial charge in [0.15, 0.2) is 0 Å². The lowest BCUT2D eigenvalue weighted by molar-refractivity contribution is -0.137. The second kappa shape index (κ2) is 7.79. The van der Waals surface area contributed by atoms with E-state index in [1.165, 1.54) is 4.68 Å². The van der Waals surface area contributed by atoms with E-state index in [1.54, 1.807) is 20.9 Å². The van der Waals surface area contributed by atoms with Gasteiger partial charge in [-0.05, 0) is 32.3 Å². The van der Waals surface area contributed by atoms with Gasteiger partial charge in [-0.1, -0.05) is 30.3 Å². The molecular formula is C17H23N3O4S. The molecule has 1 atom stereocenters. The lowest BCUT2D eigenvalue weighted by Gasteiger charge is -2.18. The van der Waals surface area contributed by atoms with Crippen molar-refractivity contribution < 1.29 is 18.3 Å². The number of rotatable bonds is 8. The van der Waals surface area contributed by atoms with Crippen LogP contribution in [0.1, 0.15) is 29.8 Å². The van der Waals surface area contributed by atoms with E-state index in [4.69, 9.17) is 5.11 Å². The van der Waals surface area contributed by atoms with E-state index >= 15 is 0 Å². The normalized spacial score (nSPS) is 12.9. The van der Waals surface area contributed by atoms with Crippen LogP contribution in [0.4, 0.5) is 0 Å². The zero-order valence-electron chi connectivity index (χ0n) is 14.6. The molecule has 136 valence electrons. The van der Waals surface area contributed by atoms with Crippen molar-refractivity contribution in [2.75, 3.05) is 0 Å². The molecule has 2 rings (SSSR count). The Morgan fingerprint density at radius 2 is 1.92 bits per heavy atom. The van der Waals surface area contributed by atoms with Crippen LogP contribution in [-0.2, 0) is 28.3 Å². The summed E-state index contributed by atoms with van der Waals surface area (Å²) in [5.74, 6) is -0.953. The number of sulfonamides is 1. The van der Waals surface area contributed by atoms with Gasteiger partial charge in [-0.25, -0.2) is 13.1 Å². The van der Waals surface area contributed by atoms with E-state index in [2.05, 4.69) is 9.82 Å². The van der Waals surface area contributed by atoms with Crippen LogP contribution in [0, 0.1) is 13.8 Å². The highest BCUT2D eigenvalue weighted by Crippen LogP contribution is 2.20. The molecule has 1 aromatic carbocycles. The molecule has 0 aliphatic rings. The van der Waals surface area contributed by atoms with Crippen molar-refractivity contribution in [3.63, 3.8) is 0 Å². The fourth-order valence-corrected chi connectivity index (χ4v) is 4.53. The number of hydrogen-bond donors (Lipinski definition) is 2. The summed E-state index contributed by atoms with van der Waals surface area (Å²) in [6, 6.07) is 8.89. The number of nitrogens with zero attached hydrogens (tertiary/aromatic N) is 2. The van der Waals surface area contributed by atoms with Crippen LogP contribution in [0.5, 0.6) is 0 Å². The number of carbonyl (C=O) groups is 1. The highest BCUT2D eigenvalue weighted by Gasteiger charge is 2.27. The molecule has 2 aromatic rings. The Morgan fingerprint density at radius 3 is 2.44 bits per heavy atom. The average molecular weight is 365 g/mol. The van der Waals surface area contributed by atoms with Crippen molar-refractivity contribution in [3.05, 3.63) is 47.3 Å². The third-order valence-corrected chi connectivity index (χ3v) is 5.84. The van der Waals surface area contributed by atoms with Gasteiger partial charge in [0.2, 0.25) is 10.0 Å². The van der Waals surface area contributed by atoms with Crippen molar-refractivity contribution >= 4 is 16.0 Å². The zero-order valence-corrected chi connectivity index (χ0v) is 15.4. The third-order valence-electron chi connectivity index (χ3n) is 4.06. The molecule has 0 spiro atoms. The second-order valence-corrected chi connectivity index (χ2v) is 7.71. The molecule has 0 fully saturated rings. The standard InChI is InChI=1S/C17H23N3O4S/c1-12-17(13(2)20(3)18-12)25(23,24)19-15(9-10-16(21)22)11-14-7-5-4-6-8-14/h4-8,15,19H,9-11H2,1-3H3,(H,21,22). The number of carboxylic acids is 1.